The van der Waals surface area contributed by atoms with Crippen molar-refractivity contribution in [1.29, 1.82) is 0 Å². The van der Waals surface area contributed by atoms with Crippen LogP contribution in [0.5, 0.6) is 0 Å². The van der Waals surface area contributed by atoms with Gasteiger partial charge >= 0.3 is 12.1 Å². The molecule has 2 amide bonds. The highest BCUT2D eigenvalue weighted by atomic mass is 35.5. The smallest absolute Gasteiger partial charge is 0.327 e. The monoisotopic (exact) mass is 599 g/mol. The van der Waals surface area contributed by atoms with Crippen LogP contribution in [0.3, 0.4) is 0 Å². The molecule has 218 valence electrons. The minimum Gasteiger partial charge on any atom is -0.327 e. The number of fused-ring (bicyclic) bond motifs is 1. The van der Waals surface area contributed by atoms with Gasteiger partial charge in [-0.25, -0.2) is 4.98 Å². The summed E-state index contributed by atoms with van der Waals surface area (Å²) in [6.45, 7) is 8.25. The van der Waals surface area contributed by atoms with Gasteiger partial charge < -0.3 is 14.8 Å². The van der Waals surface area contributed by atoms with Crippen LogP contribution in [0.2, 0.25) is 5.02 Å². The lowest BCUT2D eigenvalue weighted by atomic mass is 9.86. The van der Waals surface area contributed by atoms with Crippen molar-refractivity contribution in [3.05, 3.63) is 58.6 Å². The number of imidazole rings is 1. The van der Waals surface area contributed by atoms with Gasteiger partial charge in [0.25, 0.3) is 5.91 Å². The Bertz CT molecular complexity index is 1350. The van der Waals surface area contributed by atoms with E-state index in [1.165, 1.54) is 0 Å². The Labute approximate surface area is 242 Å². The van der Waals surface area contributed by atoms with Crippen molar-refractivity contribution in [2.75, 3.05) is 11.9 Å². The summed E-state index contributed by atoms with van der Waals surface area (Å²) in [6.07, 6.45) is -2.97. The van der Waals surface area contributed by atoms with Crippen molar-refractivity contribution < 1.29 is 22.8 Å². The highest BCUT2D eigenvalue weighted by Crippen LogP contribution is 2.31. The van der Waals surface area contributed by atoms with Crippen molar-refractivity contribution in [2.45, 2.75) is 71.9 Å². The van der Waals surface area contributed by atoms with Gasteiger partial charge in [0, 0.05) is 35.8 Å². The van der Waals surface area contributed by atoms with E-state index in [1.807, 2.05) is 4.57 Å². The van der Waals surface area contributed by atoms with Gasteiger partial charge in [0.1, 0.15) is 0 Å². The van der Waals surface area contributed by atoms with Crippen LogP contribution in [0.25, 0.3) is 11.0 Å². The van der Waals surface area contributed by atoms with Crippen LogP contribution < -0.4 is 10.6 Å². The van der Waals surface area contributed by atoms with E-state index in [4.69, 9.17) is 11.6 Å². The van der Waals surface area contributed by atoms with E-state index in [9.17, 15) is 22.8 Å². The third kappa shape index (κ3) is 7.27. The molecule has 1 saturated heterocycles. The molecule has 0 spiro atoms. The molecule has 2 heterocycles. The summed E-state index contributed by atoms with van der Waals surface area (Å²) in [5.74, 6) is -1.90. The van der Waals surface area contributed by atoms with Crippen molar-refractivity contribution in [1.82, 2.24) is 19.8 Å². The van der Waals surface area contributed by atoms with Gasteiger partial charge in [0.2, 0.25) is 5.95 Å². The second-order valence-electron chi connectivity index (χ2n) is 11.1. The topological polar surface area (TPSA) is 79.3 Å². The fourth-order valence-corrected chi connectivity index (χ4v) is 4.80. The molecular formula is C28H34Cl2F3N5O2. The number of hydrogen-bond acceptors (Lipinski definition) is 4. The molecule has 2 aromatic carbocycles. The Morgan fingerprint density at radius 2 is 1.85 bits per heavy atom. The summed E-state index contributed by atoms with van der Waals surface area (Å²) in [6, 6.07) is 11.2. The normalized spacial score (nSPS) is 16.4. The van der Waals surface area contributed by atoms with Crippen LogP contribution >= 0.6 is 24.0 Å². The Hall–Kier alpha value is -2.82. The molecule has 2 N–H and O–H groups in total. The molecule has 1 aliphatic heterocycles. The third-order valence-corrected chi connectivity index (χ3v) is 7.54. The van der Waals surface area contributed by atoms with Gasteiger partial charge in [0.05, 0.1) is 11.0 Å². The molecule has 0 aliphatic carbocycles. The lowest BCUT2D eigenvalue weighted by Crippen LogP contribution is -2.50. The van der Waals surface area contributed by atoms with Crippen LogP contribution in [0, 0.1) is 5.41 Å². The summed E-state index contributed by atoms with van der Waals surface area (Å²) in [5.41, 5.74) is 1.60. The summed E-state index contributed by atoms with van der Waals surface area (Å²) in [5, 5.41) is 6.83. The molecule has 0 bridgehead atoms. The lowest BCUT2D eigenvalue weighted by Gasteiger charge is -2.38. The molecule has 2 unspecified atom stereocenters. The van der Waals surface area contributed by atoms with Gasteiger partial charge in [0.15, 0.2) is 0 Å². The number of carbonyl (C=O) groups is 2. The lowest BCUT2D eigenvalue weighted by molar-refractivity contribution is -0.190. The van der Waals surface area contributed by atoms with Crippen LogP contribution in [-0.4, -0.2) is 51.1 Å². The maximum atomic E-state index is 13.5. The van der Waals surface area contributed by atoms with Gasteiger partial charge in [-0.15, -0.1) is 12.4 Å². The molecule has 12 heteroatoms. The number of anilines is 1. The maximum Gasteiger partial charge on any atom is 0.471 e. The van der Waals surface area contributed by atoms with Gasteiger partial charge in [-0.3, -0.25) is 14.9 Å². The summed E-state index contributed by atoms with van der Waals surface area (Å²) < 4.78 is 42.3. The van der Waals surface area contributed by atoms with Crippen LogP contribution in [0.1, 0.15) is 56.5 Å². The summed E-state index contributed by atoms with van der Waals surface area (Å²) in [7, 11) is 0. The highest BCUT2D eigenvalue weighted by Gasteiger charge is 2.45. The van der Waals surface area contributed by atoms with E-state index >= 15 is 0 Å². The van der Waals surface area contributed by atoms with E-state index in [0.717, 1.165) is 29.8 Å². The fourth-order valence-electron chi connectivity index (χ4n) is 4.67. The van der Waals surface area contributed by atoms with Crippen LogP contribution in [0.4, 0.5) is 19.1 Å². The zero-order chi connectivity index (χ0) is 28.5. The minimum atomic E-state index is -4.99. The molecule has 0 radical (unpaired) electrons. The fraction of sp³-hybridized carbons (Fsp3) is 0.464. The average Bonchev–Trinajstić information content (AvgIpc) is 3.49. The highest BCUT2D eigenvalue weighted by molar-refractivity contribution is 6.30. The average molecular weight is 601 g/mol. The molecule has 7 nitrogen and oxygen atoms in total. The SMILES string of the molecule is CC(N(Cc1ccc2c(c1)nc(NC(=O)c1ccc(Cl)cc1)n2CC1CCCN1)C(=O)C(F)(F)F)C(C)(C)C.Cl. The molecule has 2 atom stereocenters. The Kier molecular flexibility index (Phi) is 9.80. The van der Waals surface area contributed by atoms with Gasteiger partial charge in [-0.2, -0.15) is 13.2 Å². The second-order valence-corrected chi connectivity index (χ2v) is 11.5. The number of rotatable bonds is 7. The first-order valence-corrected chi connectivity index (χ1v) is 13.3. The summed E-state index contributed by atoms with van der Waals surface area (Å²) in [4.78, 5) is 30.8. The predicted molar refractivity (Wildman–Crippen MR) is 153 cm³/mol. The first kappa shape index (κ1) is 31.7. The third-order valence-electron chi connectivity index (χ3n) is 7.29. The molecule has 4 rings (SSSR count). The Morgan fingerprint density at radius 1 is 1.18 bits per heavy atom. The first-order chi connectivity index (χ1) is 18.2. The van der Waals surface area contributed by atoms with Crippen molar-refractivity contribution >= 4 is 52.8 Å². The van der Waals surface area contributed by atoms with E-state index in [2.05, 4.69) is 15.6 Å². The molecule has 1 aromatic heterocycles. The summed E-state index contributed by atoms with van der Waals surface area (Å²) >= 11 is 5.95. The largest absolute Gasteiger partial charge is 0.471 e. The number of nitrogens with zero attached hydrogens (tertiary/aromatic N) is 3. The standard InChI is InChI=1S/C28H33ClF3N5O2.ClH/c1-17(27(2,3)4)36(25(39)28(30,31)32)15-18-7-12-23-22(14-18)34-26(37(23)16-21-6-5-13-33-21)35-24(38)19-8-10-20(29)11-9-19;/h7-12,14,17,21,33H,5-6,13,15-16H2,1-4H3,(H,34,35,38);1H. The van der Waals surface area contributed by atoms with E-state index in [-0.39, 0.29) is 30.9 Å². The zero-order valence-corrected chi connectivity index (χ0v) is 24.4. The van der Waals surface area contributed by atoms with E-state index in [0.29, 0.717) is 34.2 Å². The van der Waals surface area contributed by atoms with Gasteiger partial charge in [-0.1, -0.05) is 38.4 Å². The second kappa shape index (κ2) is 12.4. The number of benzene rings is 2. The molecule has 0 saturated carbocycles. The number of amides is 2. The first-order valence-electron chi connectivity index (χ1n) is 12.9. The quantitative estimate of drug-likeness (QED) is 0.327. The molecule has 1 aliphatic rings. The number of nitrogens with one attached hydrogen (secondary N) is 2. The van der Waals surface area contributed by atoms with Crippen LogP contribution in [0.15, 0.2) is 42.5 Å². The molecule has 1 fully saturated rings. The van der Waals surface area contributed by atoms with Crippen LogP contribution in [-0.2, 0) is 17.9 Å². The molecule has 3 aromatic rings. The minimum absolute atomic E-state index is 0. The zero-order valence-electron chi connectivity index (χ0n) is 22.8. The molecule has 40 heavy (non-hydrogen) atoms. The van der Waals surface area contributed by atoms with Crippen molar-refractivity contribution in [3.8, 4) is 0 Å². The number of carbonyl (C=O) groups excluding carboxylic acids is 2. The Balaban J connectivity index is 0.00000441. The number of alkyl halides is 3. The van der Waals surface area contributed by atoms with Gasteiger partial charge in [-0.05, 0) is 73.7 Å². The number of halogens is 5. The van der Waals surface area contributed by atoms with E-state index < -0.39 is 23.5 Å². The maximum absolute atomic E-state index is 13.5. The number of aromatic nitrogens is 2. The molecular weight excluding hydrogens is 566 g/mol. The number of hydrogen-bond donors (Lipinski definition) is 2. The Morgan fingerprint density at radius 3 is 2.42 bits per heavy atom. The van der Waals surface area contributed by atoms with E-state index in [1.54, 1.807) is 70.2 Å². The predicted octanol–water partition coefficient (Wildman–Crippen LogP) is 6.44. The van der Waals surface area contributed by atoms with Crippen molar-refractivity contribution in [3.63, 3.8) is 0 Å². The van der Waals surface area contributed by atoms with Crippen molar-refractivity contribution in [2.24, 2.45) is 5.41 Å².